The van der Waals surface area contributed by atoms with Gasteiger partial charge in [0.15, 0.2) is 16.2 Å². The van der Waals surface area contributed by atoms with Crippen LogP contribution in [0.4, 0.5) is 5.13 Å². The fourth-order valence-corrected chi connectivity index (χ4v) is 4.19. The zero-order valence-corrected chi connectivity index (χ0v) is 18.5. The van der Waals surface area contributed by atoms with Gasteiger partial charge in [-0.15, -0.1) is 11.3 Å². The molecule has 156 valence electrons. The highest BCUT2D eigenvalue weighted by Crippen LogP contribution is 2.22. The fourth-order valence-electron chi connectivity index (χ4n) is 3.09. The summed E-state index contributed by atoms with van der Waals surface area (Å²) in [6.07, 6.45) is 1.74. The van der Waals surface area contributed by atoms with Crippen molar-refractivity contribution in [2.45, 2.75) is 25.8 Å². The number of rotatable bonds is 7. The van der Waals surface area contributed by atoms with E-state index in [9.17, 15) is 0 Å². The summed E-state index contributed by atoms with van der Waals surface area (Å²) in [4.78, 5) is 9.81. The van der Waals surface area contributed by atoms with Gasteiger partial charge in [-0.1, -0.05) is 60.7 Å². The Balaban J connectivity index is 1.55. The summed E-state index contributed by atoms with van der Waals surface area (Å²) >= 11 is 7.01. The number of nitrogens with one attached hydrogen (secondary N) is 2. The average molecular weight is 439 g/mol. The second kappa shape index (κ2) is 10.7. The van der Waals surface area contributed by atoms with Crippen molar-refractivity contribution in [3.05, 3.63) is 82.4 Å². The van der Waals surface area contributed by atoms with Crippen LogP contribution in [0, 0.1) is 6.92 Å². The third-order valence-corrected chi connectivity index (χ3v) is 5.80. The van der Waals surface area contributed by atoms with Gasteiger partial charge in [0.25, 0.3) is 0 Å². The maximum absolute atomic E-state index is 6.02. The van der Waals surface area contributed by atoms with Crippen LogP contribution in [0.5, 0.6) is 0 Å². The molecule has 6 N–H and O–H groups in total. The van der Waals surface area contributed by atoms with Gasteiger partial charge in [-0.3, -0.25) is 4.99 Å². The van der Waals surface area contributed by atoms with E-state index in [0.29, 0.717) is 22.7 Å². The molecule has 30 heavy (non-hydrogen) atoms. The molecule has 0 amide bonds. The van der Waals surface area contributed by atoms with Crippen molar-refractivity contribution < 1.29 is 0 Å². The quantitative estimate of drug-likeness (QED) is 0.195. The van der Waals surface area contributed by atoms with Crippen molar-refractivity contribution in [3.8, 4) is 0 Å². The van der Waals surface area contributed by atoms with Gasteiger partial charge >= 0.3 is 0 Å². The number of thiocarbonyl (C=S) groups is 1. The lowest BCUT2D eigenvalue weighted by Crippen LogP contribution is -2.44. The molecular formula is C22H26N6S2. The molecule has 6 nitrogen and oxygen atoms in total. The first-order valence-corrected chi connectivity index (χ1v) is 10.9. The van der Waals surface area contributed by atoms with Crippen LogP contribution in [0.2, 0.25) is 0 Å². The average Bonchev–Trinajstić information content (AvgIpc) is 3.07. The van der Waals surface area contributed by atoms with E-state index >= 15 is 0 Å². The summed E-state index contributed by atoms with van der Waals surface area (Å²) < 4.78 is 0. The Labute approximate surface area is 186 Å². The van der Waals surface area contributed by atoms with Crippen LogP contribution >= 0.6 is 23.6 Å². The Bertz CT molecular complexity index is 946. The second-order valence-corrected chi connectivity index (χ2v) is 8.31. The van der Waals surface area contributed by atoms with Gasteiger partial charge < -0.3 is 22.1 Å². The summed E-state index contributed by atoms with van der Waals surface area (Å²) in [5.41, 5.74) is 15.0. The van der Waals surface area contributed by atoms with Crippen LogP contribution in [-0.2, 0) is 6.42 Å². The molecule has 0 bridgehead atoms. The molecule has 3 aromatic rings. The number of hydrogen-bond donors (Lipinski definition) is 4. The number of hydrogen-bond acceptors (Lipinski definition) is 5. The summed E-state index contributed by atoms with van der Waals surface area (Å²) in [7, 11) is 0. The minimum atomic E-state index is -0.0834. The molecule has 0 aliphatic heterocycles. The second-order valence-electron chi connectivity index (χ2n) is 6.78. The zero-order chi connectivity index (χ0) is 21.3. The summed E-state index contributed by atoms with van der Waals surface area (Å²) in [5.74, 6) is 0.299. The molecule has 0 atom stereocenters. The lowest BCUT2D eigenvalue weighted by atomic mass is 9.99. The number of nitrogens with zero attached hydrogens (tertiary/aromatic N) is 2. The Morgan fingerprint density at radius 1 is 1.10 bits per heavy atom. The molecule has 0 aliphatic carbocycles. The Kier molecular flexibility index (Phi) is 7.75. The van der Waals surface area contributed by atoms with Gasteiger partial charge in [-0.25, -0.2) is 4.98 Å². The largest absolute Gasteiger partial charge is 0.375 e. The van der Waals surface area contributed by atoms with E-state index in [4.69, 9.17) is 23.7 Å². The predicted octanol–water partition coefficient (Wildman–Crippen LogP) is 3.53. The molecule has 1 heterocycles. The third-order valence-electron chi connectivity index (χ3n) is 4.54. The van der Waals surface area contributed by atoms with Gasteiger partial charge in [0.1, 0.15) is 0 Å². The molecule has 8 heteroatoms. The Morgan fingerprint density at radius 3 is 2.23 bits per heavy atom. The Hall–Kier alpha value is -2.97. The minimum Gasteiger partial charge on any atom is -0.375 e. The van der Waals surface area contributed by atoms with Crippen molar-refractivity contribution >= 4 is 39.8 Å². The normalized spacial score (nSPS) is 11.5. The van der Waals surface area contributed by atoms with Crippen LogP contribution in [0.3, 0.4) is 0 Å². The summed E-state index contributed by atoms with van der Waals surface area (Å²) in [6, 6.07) is 20.2. The molecule has 0 radical (unpaired) electrons. The highest BCUT2D eigenvalue weighted by atomic mass is 32.1. The number of guanidine groups is 1. The van der Waals surface area contributed by atoms with Gasteiger partial charge in [0.05, 0.1) is 11.7 Å². The van der Waals surface area contributed by atoms with Gasteiger partial charge in [0, 0.05) is 11.4 Å². The van der Waals surface area contributed by atoms with Crippen LogP contribution in [0.1, 0.15) is 34.2 Å². The predicted molar refractivity (Wildman–Crippen MR) is 130 cm³/mol. The van der Waals surface area contributed by atoms with Crippen LogP contribution < -0.4 is 22.1 Å². The summed E-state index contributed by atoms with van der Waals surface area (Å²) in [6.45, 7) is 2.57. The van der Waals surface area contributed by atoms with Crippen LogP contribution in [0.25, 0.3) is 0 Å². The molecule has 2 aromatic carbocycles. The smallest absolute Gasteiger partial charge is 0.194 e. The number of nitrogen functional groups attached to an aromatic ring is 1. The van der Waals surface area contributed by atoms with Crippen molar-refractivity contribution in [2.75, 3.05) is 12.3 Å². The van der Waals surface area contributed by atoms with E-state index in [1.807, 2.05) is 43.3 Å². The van der Waals surface area contributed by atoms with Gasteiger partial charge in [-0.2, -0.15) is 0 Å². The molecule has 0 aliphatic rings. The number of benzene rings is 2. The molecule has 0 saturated heterocycles. The minimum absolute atomic E-state index is 0.0834. The van der Waals surface area contributed by atoms with Crippen molar-refractivity contribution in [2.24, 2.45) is 10.7 Å². The number of aryl methyl sites for hydroxylation is 2. The third kappa shape index (κ3) is 6.27. The van der Waals surface area contributed by atoms with E-state index in [1.54, 1.807) is 0 Å². The molecular weight excluding hydrogens is 412 g/mol. The van der Waals surface area contributed by atoms with Gasteiger partial charge in [0.2, 0.25) is 0 Å². The number of thiazole rings is 1. The first kappa shape index (κ1) is 21.7. The van der Waals surface area contributed by atoms with Crippen molar-refractivity contribution in [3.63, 3.8) is 0 Å². The molecule has 0 unspecified atom stereocenters. The van der Waals surface area contributed by atoms with Crippen LogP contribution in [0.15, 0.2) is 65.7 Å². The number of aliphatic imine (C=N–C) groups is 1. The zero-order valence-electron chi connectivity index (χ0n) is 16.8. The molecule has 0 saturated carbocycles. The molecule has 1 aromatic heterocycles. The van der Waals surface area contributed by atoms with E-state index in [2.05, 4.69) is 44.9 Å². The van der Waals surface area contributed by atoms with E-state index < -0.39 is 0 Å². The van der Waals surface area contributed by atoms with E-state index in [-0.39, 0.29) is 6.04 Å². The number of anilines is 1. The van der Waals surface area contributed by atoms with Crippen molar-refractivity contribution in [1.82, 2.24) is 15.6 Å². The van der Waals surface area contributed by atoms with Crippen LogP contribution in [-0.4, -0.2) is 22.6 Å². The van der Waals surface area contributed by atoms with E-state index in [1.165, 1.54) is 16.2 Å². The number of nitrogens with two attached hydrogens (primary N) is 2. The lowest BCUT2D eigenvalue weighted by Gasteiger charge is -2.21. The monoisotopic (exact) mass is 438 g/mol. The first-order chi connectivity index (χ1) is 14.5. The number of aromatic nitrogens is 1. The topological polar surface area (TPSA) is 101 Å². The highest BCUT2D eigenvalue weighted by molar-refractivity contribution is 7.80. The maximum Gasteiger partial charge on any atom is 0.194 e. The van der Waals surface area contributed by atoms with E-state index in [0.717, 1.165) is 29.7 Å². The Morgan fingerprint density at radius 2 is 1.70 bits per heavy atom. The maximum atomic E-state index is 6.02. The SMILES string of the molecule is Cc1nc(N)sc1CCCN=C(N)NC(=S)NC(c1ccccc1)c1ccccc1. The molecule has 3 rings (SSSR count). The first-order valence-electron chi connectivity index (χ1n) is 9.72. The van der Waals surface area contributed by atoms with Crippen molar-refractivity contribution in [1.29, 1.82) is 0 Å². The molecule has 0 fully saturated rings. The fraction of sp³-hybridized carbons (Fsp3) is 0.227. The molecule has 0 spiro atoms. The lowest BCUT2D eigenvalue weighted by molar-refractivity contribution is 0.757. The standard InChI is InChI=1S/C22H26N6S2/c1-15-18(30-21(24)26-15)13-8-14-25-20(23)28-22(29)27-19(16-9-4-2-5-10-16)17-11-6-3-7-12-17/h2-7,9-12,19H,8,13-14H2,1H3,(H2,24,26)(H4,23,25,27,28,29). The van der Waals surface area contributed by atoms with Gasteiger partial charge in [-0.05, 0) is 43.1 Å². The highest BCUT2D eigenvalue weighted by Gasteiger charge is 2.15. The summed E-state index contributed by atoms with van der Waals surface area (Å²) in [5, 5.41) is 7.37.